The largest absolute Gasteiger partial charge is 2.00 e. The first-order chi connectivity index (χ1) is 5.69. The number of rotatable bonds is 2. The van der Waals surface area contributed by atoms with E-state index in [1.165, 1.54) is 0 Å². The zero-order chi connectivity index (χ0) is 11.1. The fraction of sp³-hybridized carbons (Fsp3) is 1.00. The summed E-state index contributed by atoms with van der Waals surface area (Å²) in [5.74, 6) is 0. The van der Waals surface area contributed by atoms with Crippen molar-refractivity contribution >= 4 is 89.1 Å². The minimum Gasteiger partial charge on any atom is -0.563 e. The molecule has 0 aromatic carbocycles. The molecule has 0 fully saturated rings. The van der Waals surface area contributed by atoms with Crippen LogP contribution in [0.5, 0.6) is 0 Å². The second-order valence-corrected chi connectivity index (χ2v) is 5.37. The minimum absolute atomic E-state index is 0. The van der Waals surface area contributed by atoms with Gasteiger partial charge in [-0.25, -0.2) is 0 Å². The first-order valence-electron chi connectivity index (χ1n) is 2.33. The summed E-state index contributed by atoms with van der Waals surface area (Å²) in [5.41, 5.74) is 0. The van der Waals surface area contributed by atoms with Gasteiger partial charge in [-0.1, -0.05) is 34.8 Å². The molecule has 0 aliphatic rings. The maximum absolute atomic E-state index is 9.24. The van der Waals surface area contributed by atoms with Crippen LogP contribution in [0.2, 0.25) is 0 Å². The average Bonchev–Trinajstić information content (AvgIpc) is 1.84. The number of aliphatic hydroxyl groups excluding tert-OH is 1. The van der Waals surface area contributed by atoms with Gasteiger partial charge in [0, 0.05) is 0 Å². The van der Waals surface area contributed by atoms with Crippen molar-refractivity contribution in [2.45, 2.75) is 3.79 Å². The zero-order valence-electron chi connectivity index (χ0n) is 6.43. The van der Waals surface area contributed by atoms with Crippen LogP contribution in [-0.2, 0) is 13.4 Å². The van der Waals surface area contributed by atoms with E-state index in [0.29, 0.717) is 0 Å². The third kappa shape index (κ3) is 29.2. The molecule has 0 aromatic rings. The maximum atomic E-state index is 9.24. The summed E-state index contributed by atoms with van der Waals surface area (Å²) in [6.07, 6.45) is 0. The van der Waals surface area contributed by atoms with Gasteiger partial charge < -0.3 is 14.9 Å². The molecule has 0 aliphatic carbocycles. The van der Waals surface area contributed by atoms with E-state index in [4.69, 9.17) is 39.9 Å². The minimum atomic E-state index is -3.24. The summed E-state index contributed by atoms with van der Waals surface area (Å²) >= 11 is 15.0. The van der Waals surface area contributed by atoms with Crippen molar-refractivity contribution in [3.63, 3.8) is 0 Å². The van der Waals surface area contributed by atoms with Gasteiger partial charge in [-0.2, -0.15) is 0 Å². The molecule has 6 nitrogen and oxygen atoms in total. The molecular weight excluding hydrogens is 328 g/mol. The Hall–Kier alpha value is 2.17. The molecule has 0 bridgehead atoms. The second kappa shape index (κ2) is 11.6. The molecule has 78 valence electrons. The van der Waals surface area contributed by atoms with Gasteiger partial charge in [-0.3, -0.25) is 0 Å². The summed E-state index contributed by atoms with van der Waals surface area (Å²) in [6.45, 7) is -0.433. The predicted octanol–water partition coefficient (Wildman–Crippen LogP) is 0.00650. The zero-order valence-corrected chi connectivity index (χ0v) is 12.7. The van der Waals surface area contributed by atoms with Crippen molar-refractivity contribution < 1.29 is 28.3 Å². The van der Waals surface area contributed by atoms with Gasteiger partial charge in [0.15, 0.2) is 0 Å². The maximum Gasteiger partial charge on any atom is 2.00 e. The Labute approximate surface area is 126 Å². The van der Waals surface area contributed by atoms with Gasteiger partial charge >= 0.3 is 54.2 Å². The SMILES string of the molecule is O=[P+]([O-])O[P+](=O)[O-].OCC(Cl)(Cl)Cl.[Ca+2]. The molecule has 14 heavy (non-hydrogen) atoms. The van der Waals surface area contributed by atoms with Gasteiger partial charge in [0.05, 0.1) is 6.61 Å². The molecule has 0 radical (unpaired) electrons. The van der Waals surface area contributed by atoms with E-state index < -0.39 is 26.9 Å². The van der Waals surface area contributed by atoms with E-state index in [1.54, 1.807) is 0 Å². The summed E-state index contributed by atoms with van der Waals surface area (Å²) < 4.78 is 20.2. The molecule has 0 heterocycles. The Morgan fingerprint density at radius 1 is 1.21 bits per heavy atom. The van der Waals surface area contributed by atoms with E-state index >= 15 is 0 Å². The quantitative estimate of drug-likeness (QED) is 0.433. The summed E-state index contributed by atoms with van der Waals surface area (Å²) in [7, 11) is -6.47. The predicted molar refractivity (Wildman–Crippen MR) is 49.4 cm³/mol. The van der Waals surface area contributed by atoms with E-state index in [2.05, 4.69) is 4.31 Å². The Balaban J connectivity index is -0.000000163. The average molecular weight is 331 g/mol. The number of alkyl halides is 3. The van der Waals surface area contributed by atoms with Crippen LogP contribution < -0.4 is 9.79 Å². The third-order valence-electron chi connectivity index (χ3n) is 0.313. The van der Waals surface area contributed by atoms with Gasteiger partial charge in [-0.05, 0) is 9.13 Å². The normalized spacial score (nSPS) is 11.9. The molecule has 2 unspecified atom stereocenters. The molecule has 0 aromatic heterocycles. The Kier molecular flexibility index (Phi) is 17.9. The van der Waals surface area contributed by atoms with Crippen LogP contribution in [0.1, 0.15) is 0 Å². The standard InChI is InChI=1S/C2H3Cl3O.Ca.O5P2/c3-2(4,5)1-6;;1-6(2)5-7(3)4/h6H,1H2;;/q;+2;. The van der Waals surface area contributed by atoms with Crippen LogP contribution >= 0.6 is 51.3 Å². The first kappa shape index (κ1) is 21.5. The van der Waals surface area contributed by atoms with E-state index in [9.17, 15) is 18.9 Å². The molecule has 0 saturated carbocycles. The number of aliphatic hydroxyl groups is 1. The van der Waals surface area contributed by atoms with Crippen LogP contribution in [0.4, 0.5) is 0 Å². The van der Waals surface area contributed by atoms with Gasteiger partial charge in [0.25, 0.3) is 0 Å². The Morgan fingerprint density at radius 2 is 1.43 bits per heavy atom. The molecule has 2 atom stereocenters. The monoisotopic (exact) mass is 330 g/mol. The number of halogens is 3. The first-order valence-corrected chi connectivity index (χ1v) is 5.66. The van der Waals surface area contributed by atoms with Crippen LogP contribution in [0.25, 0.3) is 0 Å². The third-order valence-corrected chi connectivity index (χ3v) is 1.74. The van der Waals surface area contributed by atoms with Crippen molar-refractivity contribution in [3.8, 4) is 0 Å². The fourth-order valence-electron chi connectivity index (χ4n) is 0.0544. The van der Waals surface area contributed by atoms with Crippen LogP contribution in [0.3, 0.4) is 0 Å². The number of hydrogen-bond acceptors (Lipinski definition) is 6. The Bertz CT molecular complexity index is 172. The van der Waals surface area contributed by atoms with E-state index in [0.717, 1.165) is 0 Å². The van der Waals surface area contributed by atoms with Crippen molar-refractivity contribution in [2.24, 2.45) is 0 Å². The molecular formula is C2H3CaCl3O6P2+2. The summed E-state index contributed by atoms with van der Waals surface area (Å²) in [5, 5.41) is 8.01. The summed E-state index contributed by atoms with van der Waals surface area (Å²) in [4.78, 5) is 18.5. The van der Waals surface area contributed by atoms with E-state index in [-0.39, 0.29) is 37.7 Å². The van der Waals surface area contributed by atoms with Crippen LogP contribution in [-0.4, -0.2) is 53.2 Å². The fourth-order valence-corrected chi connectivity index (χ4v) is 0.490. The molecule has 12 heteroatoms. The van der Waals surface area contributed by atoms with E-state index in [1.807, 2.05) is 0 Å². The Morgan fingerprint density at radius 3 is 1.43 bits per heavy atom. The van der Waals surface area contributed by atoms with Gasteiger partial charge in [0.1, 0.15) is 4.31 Å². The van der Waals surface area contributed by atoms with Gasteiger partial charge in [-0.15, -0.1) is 0 Å². The van der Waals surface area contributed by atoms with Crippen molar-refractivity contribution in [2.75, 3.05) is 6.61 Å². The molecule has 1 N–H and O–H groups in total. The summed E-state index contributed by atoms with van der Waals surface area (Å²) in [6, 6.07) is 0. The van der Waals surface area contributed by atoms with Crippen molar-refractivity contribution in [1.82, 2.24) is 0 Å². The van der Waals surface area contributed by atoms with Crippen molar-refractivity contribution in [3.05, 3.63) is 0 Å². The smallest absolute Gasteiger partial charge is 0.563 e. The van der Waals surface area contributed by atoms with Gasteiger partial charge in [0.2, 0.25) is 3.79 Å². The molecule has 0 aliphatic heterocycles. The topological polar surface area (TPSA) is 110 Å². The van der Waals surface area contributed by atoms with Crippen LogP contribution in [0, 0.1) is 0 Å². The van der Waals surface area contributed by atoms with Crippen LogP contribution in [0.15, 0.2) is 0 Å². The molecule has 0 rings (SSSR count). The second-order valence-electron chi connectivity index (χ2n) is 1.30. The molecule has 0 spiro atoms. The van der Waals surface area contributed by atoms with Crippen molar-refractivity contribution in [1.29, 1.82) is 0 Å². The molecule has 0 saturated heterocycles. The molecule has 0 amide bonds. The number of hydrogen-bond donors (Lipinski definition) is 1.